The van der Waals surface area contributed by atoms with Crippen LogP contribution in [0.15, 0.2) is 34.7 Å². The molecule has 0 bridgehead atoms. The maximum absolute atomic E-state index is 12.2. The summed E-state index contributed by atoms with van der Waals surface area (Å²) >= 11 is 2.48. The zero-order chi connectivity index (χ0) is 20.5. The Morgan fingerprint density at radius 3 is 2.66 bits per heavy atom. The van der Waals surface area contributed by atoms with Crippen molar-refractivity contribution in [2.75, 3.05) is 57.4 Å². The molecule has 1 aromatic heterocycles. The van der Waals surface area contributed by atoms with Crippen LogP contribution in [0, 0.1) is 0 Å². The minimum absolute atomic E-state index is 0.0288. The number of nitrogens with one attached hydrogen (secondary N) is 2. The first-order chi connectivity index (χ1) is 14.1. The van der Waals surface area contributed by atoms with Crippen LogP contribution in [0.25, 0.3) is 0 Å². The van der Waals surface area contributed by atoms with Gasteiger partial charge in [0.2, 0.25) is 10.9 Å². The number of aromatic nitrogens is 2. The van der Waals surface area contributed by atoms with E-state index in [4.69, 9.17) is 0 Å². The summed E-state index contributed by atoms with van der Waals surface area (Å²) in [6.07, 6.45) is 0.947. The molecule has 1 aliphatic heterocycles. The summed E-state index contributed by atoms with van der Waals surface area (Å²) < 4.78 is 0.607. The van der Waals surface area contributed by atoms with E-state index in [-0.39, 0.29) is 22.6 Å². The lowest BCUT2D eigenvalue weighted by molar-refractivity contribution is -0.118. The summed E-state index contributed by atoms with van der Waals surface area (Å²) in [5.41, 5.74) is 0.706. The maximum Gasteiger partial charge on any atom is 0.286 e. The average molecular weight is 435 g/mol. The summed E-state index contributed by atoms with van der Waals surface area (Å²) in [4.78, 5) is 29.0. The van der Waals surface area contributed by atoms with E-state index in [1.807, 2.05) is 30.3 Å². The number of thioether (sulfide) groups is 1. The van der Waals surface area contributed by atoms with Gasteiger partial charge in [-0.2, -0.15) is 0 Å². The predicted octanol–water partition coefficient (Wildman–Crippen LogP) is 1.64. The van der Waals surface area contributed by atoms with E-state index in [9.17, 15) is 9.59 Å². The Balaban J connectivity index is 1.31. The molecule has 10 heteroatoms. The quantitative estimate of drug-likeness (QED) is 0.458. The molecular formula is C19H26N6O2S2. The predicted molar refractivity (Wildman–Crippen MR) is 117 cm³/mol. The SMILES string of the molecule is CN1CCN(CCCNC(=O)CSc2nnc(C(=O)Nc3ccccc3)s2)CC1. The van der Waals surface area contributed by atoms with Crippen molar-refractivity contribution in [3.8, 4) is 0 Å². The van der Waals surface area contributed by atoms with Crippen LogP contribution in [0.1, 0.15) is 16.2 Å². The molecule has 0 atom stereocenters. The Kier molecular flexibility index (Phi) is 8.41. The Hall–Kier alpha value is -2.01. The number of benzene rings is 1. The smallest absolute Gasteiger partial charge is 0.286 e. The van der Waals surface area contributed by atoms with Crippen molar-refractivity contribution in [1.29, 1.82) is 0 Å². The van der Waals surface area contributed by atoms with E-state index in [2.05, 4.69) is 37.7 Å². The van der Waals surface area contributed by atoms with Crippen LogP contribution in [0.5, 0.6) is 0 Å². The molecule has 0 aliphatic carbocycles. The fourth-order valence-electron chi connectivity index (χ4n) is 2.85. The molecular weight excluding hydrogens is 408 g/mol. The first kappa shape index (κ1) is 21.7. The highest BCUT2D eigenvalue weighted by molar-refractivity contribution is 8.01. The fourth-order valence-corrected chi connectivity index (χ4v) is 4.42. The van der Waals surface area contributed by atoms with Gasteiger partial charge in [0.15, 0.2) is 4.34 Å². The van der Waals surface area contributed by atoms with Gasteiger partial charge in [0.1, 0.15) is 0 Å². The second kappa shape index (κ2) is 11.2. The highest BCUT2D eigenvalue weighted by atomic mass is 32.2. The number of piperazine rings is 1. The minimum Gasteiger partial charge on any atom is -0.355 e. The molecule has 0 unspecified atom stereocenters. The van der Waals surface area contributed by atoms with E-state index in [1.165, 1.54) is 23.1 Å². The number of hydrogen-bond donors (Lipinski definition) is 2. The first-order valence-corrected chi connectivity index (χ1v) is 11.4. The molecule has 2 aromatic rings. The zero-order valence-corrected chi connectivity index (χ0v) is 18.1. The molecule has 3 rings (SSSR count). The molecule has 1 fully saturated rings. The summed E-state index contributed by atoms with van der Waals surface area (Å²) in [6, 6.07) is 9.19. The number of para-hydroxylation sites is 1. The van der Waals surface area contributed by atoms with Gasteiger partial charge in [0.05, 0.1) is 5.75 Å². The Bertz CT molecular complexity index is 793. The van der Waals surface area contributed by atoms with Crippen molar-refractivity contribution in [3.63, 3.8) is 0 Å². The Labute approximate surface area is 179 Å². The standard InChI is InChI=1S/C19H26N6O2S2/c1-24-10-12-25(13-11-24)9-5-8-20-16(26)14-28-19-23-22-18(29-19)17(27)21-15-6-3-2-4-7-15/h2-4,6-7H,5,8-14H2,1H3,(H,20,26)(H,21,27). The number of hydrogen-bond acceptors (Lipinski definition) is 8. The normalized spacial score (nSPS) is 15.2. The van der Waals surface area contributed by atoms with Crippen LogP contribution in [0.4, 0.5) is 5.69 Å². The third-order valence-electron chi connectivity index (χ3n) is 4.53. The summed E-state index contributed by atoms with van der Waals surface area (Å²) in [5.74, 6) is -0.0588. The van der Waals surface area contributed by atoms with Crippen molar-refractivity contribution in [2.45, 2.75) is 10.8 Å². The second-order valence-corrected chi connectivity index (χ2v) is 9.03. The Morgan fingerprint density at radius 1 is 1.14 bits per heavy atom. The third-order valence-corrected chi connectivity index (χ3v) is 6.58. The van der Waals surface area contributed by atoms with E-state index in [0.717, 1.165) is 39.1 Å². The van der Waals surface area contributed by atoms with Gasteiger partial charge in [-0.3, -0.25) is 9.59 Å². The topological polar surface area (TPSA) is 90.5 Å². The molecule has 2 amide bonds. The van der Waals surface area contributed by atoms with E-state index >= 15 is 0 Å². The van der Waals surface area contributed by atoms with Crippen LogP contribution >= 0.6 is 23.1 Å². The molecule has 1 aromatic carbocycles. The van der Waals surface area contributed by atoms with Crippen molar-refractivity contribution < 1.29 is 9.59 Å². The molecule has 8 nitrogen and oxygen atoms in total. The largest absolute Gasteiger partial charge is 0.355 e. The highest BCUT2D eigenvalue weighted by Crippen LogP contribution is 2.22. The van der Waals surface area contributed by atoms with Gasteiger partial charge in [0.25, 0.3) is 5.91 Å². The van der Waals surface area contributed by atoms with E-state index < -0.39 is 0 Å². The van der Waals surface area contributed by atoms with Crippen molar-refractivity contribution in [2.24, 2.45) is 0 Å². The van der Waals surface area contributed by atoms with Gasteiger partial charge in [-0.1, -0.05) is 41.3 Å². The van der Waals surface area contributed by atoms with Crippen molar-refractivity contribution in [1.82, 2.24) is 25.3 Å². The van der Waals surface area contributed by atoms with Gasteiger partial charge in [-0.05, 0) is 32.1 Å². The number of carbonyl (C=O) groups excluding carboxylic acids is 2. The average Bonchev–Trinajstić information content (AvgIpc) is 3.21. The first-order valence-electron chi connectivity index (χ1n) is 9.60. The van der Waals surface area contributed by atoms with Gasteiger partial charge in [-0.25, -0.2) is 0 Å². The van der Waals surface area contributed by atoms with Gasteiger partial charge in [-0.15, -0.1) is 10.2 Å². The Morgan fingerprint density at radius 2 is 1.90 bits per heavy atom. The minimum atomic E-state index is -0.297. The van der Waals surface area contributed by atoms with Gasteiger partial charge < -0.3 is 20.4 Å². The number of amides is 2. The highest BCUT2D eigenvalue weighted by Gasteiger charge is 2.15. The van der Waals surface area contributed by atoms with Crippen LogP contribution in [0.2, 0.25) is 0 Å². The summed E-state index contributed by atoms with van der Waals surface area (Å²) in [7, 11) is 2.14. The van der Waals surface area contributed by atoms with Crippen LogP contribution in [-0.2, 0) is 4.79 Å². The lowest BCUT2D eigenvalue weighted by atomic mass is 10.3. The molecule has 0 spiro atoms. The second-order valence-electron chi connectivity index (χ2n) is 6.83. The lowest BCUT2D eigenvalue weighted by Gasteiger charge is -2.32. The molecule has 156 valence electrons. The molecule has 0 saturated carbocycles. The monoisotopic (exact) mass is 434 g/mol. The van der Waals surface area contributed by atoms with Gasteiger partial charge in [0, 0.05) is 38.4 Å². The van der Waals surface area contributed by atoms with Crippen LogP contribution in [-0.4, -0.2) is 83.9 Å². The van der Waals surface area contributed by atoms with E-state index in [0.29, 0.717) is 16.6 Å². The molecule has 1 saturated heterocycles. The van der Waals surface area contributed by atoms with E-state index in [1.54, 1.807) is 0 Å². The number of carbonyl (C=O) groups is 2. The third kappa shape index (κ3) is 7.39. The number of nitrogens with zero attached hydrogens (tertiary/aromatic N) is 4. The zero-order valence-electron chi connectivity index (χ0n) is 16.5. The van der Waals surface area contributed by atoms with Gasteiger partial charge >= 0.3 is 0 Å². The summed E-state index contributed by atoms with van der Waals surface area (Å²) in [5, 5.41) is 13.9. The lowest BCUT2D eigenvalue weighted by Crippen LogP contribution is -2.45. The van der Waals surface area contributed by atoms with Crippen LogP contribution < -0.4 is 10.6 Å². The number of likely N-dealkylation sites (N-methyl/N-ethyl adjacent to an activating group) is 1. The molecule has 2 N–H and O–H groups in total. The number of rotatable bonds is 9. The fraction of sp³-hybridized carbons (Fsp3) is 0.474. The van der Waals surface area contributed by atoms with Crippen LogP contribution in [0.3, 0.4) is 0 Å². The molecule has 1 aliphatic rings. The number of anilines is 1. The maximum atomic E-state index is 12.2. The molecule has 2 heterocycles. The molecule has 29 heavy (non-hydrogen) atoms. The molecule has 0 radical (unpaired) electrons. The summed E-state index contributed by atoms with van der Waals surface area (Å²) in [6.45, 7) is 6.09. The van der Waals surface area contributed by atoms with Crippen molar-refractivity contribution >= 4 is 40.6 Å². The van der Waals surface area contributed by atoms with Crippen molar-refractivity contribution in [3.05, 3.63) is 35.3 Å².